The SMILES string of the molecule is CCOC(=O)Cn1c(-c2ccco2)nc2ccccc21. The standard InChI is InChI=1S/C15H14N2O3/c1-2-19-14(18)10-17-12-7-4-3-6-11(12)16-15(17)13-8-5-9-20-13/h3-9H,2,10H2,1H3. The van der Waals surface area contributed by atoms with Gasteiger partial charge in [-0.1, -0.05) is 12.1 Å². The molecule has 5 nitrogen and oxygen atoms in total. The van der Waals surface area contributed by atoms with E-state index in [2.05, 4.69) is 4.98 Å². The van der Waals surface area contributed by atoms with Gasteiger partial charge in [-0.15, -0.1) is 0 Å². The molecule has 2 heterocycles. The number of hydrogen-bond acceptors (Lipinski definition) is 4. The molecule has 0 aliphatic heterocycles. The second-order valence-corrected chi connectivity index (χ2v) is 4.29. The van der Waals surface area contributed by atoms with Gasteiger partial charge < -0.3 is 13.7 Å². The highest BCUT2D eigenvalue weighted by Gasteiger charge is 2.17. The van der Waals surface area contributed by atoms with Gasteiger partial charge in [0, 0.05) is 0 Å². The van der Waals surface area contributed by atoms with Gasteiger partial charge in [0.1, 0.15) is 6.54 Å². The van der Waals surface area contributed by atoms with Crippen LogP contribution in [0.4, 0.5) is 0 Å². The van der Waals surface area contributed by atoms with E-state index in [9.17, 15) is 4.79 Å². The second-order valence-electron chi connectivity index (χ2n) is 4.29. The number of hydrogen-bond donors (Lipinski definition) is 0. The van der Waals surface area contributed by atoms with Crippen LogP contribution in [0.25, 0.3) is 22.6 Å². The van der Waals surface area contributed by atoms with Gasteiger partial charge in [-0.3, -0.25) is 4.79 Å². The van der Waals surface area contributed by atoms with Gasteiger partial charge in [-0.25, -0.2) is 4.98 Å². The number of aromatic nitrogens is 2. The molecule has 0 spiro atoms. The minimum absolute atomic E-state index is 0.115. The normalized spacial score (nSPS) is 10.8. The van der Waals surface area contributed by atoms with E-state index in [0.717, 1.165) is 11.0 Å². The number of nitrogens with zero attached hydrogens (tertiary/aromatic N) is 2. The van der Waals surface area contributed by atoms with E-state index in [0.29, 0.717) is 18.2 Å². The Balaban J connectivity index is 2.11. The topological polar surface area (TPSA) is 57.3 Å². The number of ether oxygens (including phenoxy) is 1. The van der Waals surface area contributed by atoms with Gasteiger partial charge in [-0.05, 0) is 31.2 Å². The summed E-state index contributed by atoms with van der Waals surface area (Å²) in [6.07, 6.45) is 1.59. The third kappa shape index (κ3) is 2.18. The number of benzene rings is 1. The van der Waals surface area contributed by atoms with Crippen molar-refractivity contribution in [2.75, 3.05) is 6.61 Å². The molecule has 0 unspecified atom stereocenters. The maximum atomic E-state index is 11.8. The van der Waals surface area contributed by atoms with Gasteiger partial charge in [0.2, 0.25) is 0 Å². The maximum absolute atomic E-state index is 11.8. The van der Waals surface area contributed by atoms with Crippen LogP contribution in [0.3, 0.4) is 0 Å². The Hall–Kier alpha value is -2.56. The monoisotopic (exact) mass is 270 g/mol. The lowest BCUT2D eigenvalue weighted by molar-refractivity contribution is -0.143. The first kappa shape index (κ1) is 12.5. The predicted octanol–water partition coefficient (Wildman–Crippen LogP) is 2.86. The molecule has 2 aromatic heterocycles. The lowest BCUT2D eigenvalue weighted by Crippen LogP contribution is -2.14. The summed E-state index contributed by atoms with van der Waals surface area (Å²) < 4.78 is 12.2. The van der Waals surface area contributed by atoms with Crippen LogP contribution in [0.1, 0.15) is 6.92 Å². The lowest BCUT2D eigenvalue weighted by atomic mass is 10.3. The summed E-state index contributed by atoms with van der Waals surface area (Å²) in [6.45, 7) is 2.27. The molecule has 0 bridgehead atoms. The second kappa shape index (κ2) is 5.21. The van der Waals surface area contributed by atoms with Crippen LogP contribution in [-0.2, 0) is 16.1 Å². The Bertz CT molecular complexity index is 729. The average Bonchev–Trinajstić information content (AvgIpc) is 3.07. The van der Waals surface area contributed by atoms with Crippen LogP contribution in [-0.4, -0.2) is 22.1 Å². The van der Waals surface area contributed by atoms with Crippen LogP contribution in [0, 0.1) is 0 Å². The molecular weight excluding hydrogens is 256 g/mol. The Labute approximate surface area is 115 Å². The molecule has 0 aliphatic carbocycles. The molecular formula is C15H14N2O3. The van der Waals surface area contributed by atoms with E-state index in [1.807, 2.05) is 34.9 Å². The van der Waals surface area contributed by atoms with E-state index in [4.69, 9.17) is 9.15 Å². The van der Waals surface area contributed by atoms with E-state index in [-0.39, 0.29) is 12.5 Å². The largest absolute Gasteiger partial charge is 0.465 e. The number of esters is 1. The highest BCUT2D eigenvalue weighted by molar-refractivity contribution is 5.82. The number of fused-ring (bicyclic) bond motifs is 1. The fraction of sp³-hybridized carbons (Fsp3) is 0.200. The number of carbonyl (C=O) groups excluding carboxylic acids is 1. The minimum atomic E-state index is -0.288. The highest BCUT2D eigenvalue weighted by Crippen LogP contribution is 2.25. The van der Waals surface area contributed by atoms with Crippen molar-refractivity contribution in [2.45, 2.75) is 13.5 Å². The number of para-hydroxylation sites is 2. The molecule has 102 valence electrons. The van der Waals surface area contributed by atoms with Crippen LogP contribution >= 0.6 is 0 Å². The van der Waals surface area contributed by atoms with Crippen molar-refractivity contribution in [1.82, 2.24) is 9.55 Å². The van der Waals surface area contributed by atoms with Crippen molar-refractivity contribution >= 4 is 17.0 Å². The highest BCUT2D eigenvalue weighted by atomic mass is 16.5. The smallest absolute Gasteiger partial charge is 0.326 e. The lowest BCUT2D eigenvalue weighted by Gasteiger charge is -2.07. The zero-order valence-electron chi connectivity index (χ0n) is 11.1. The summed E-state index contributed by atoms with van der Waals surface area (Å²) in [7, 11) is 0. The Morgan fingerprint density at radius 2 is 2.15 bits per heavy atom. The van der Waals surface area contributed by atoms with E-state index >= 15 is 0 Å². The van der Waals surface area contributed by atoms with Crippen LogP contribution in [0.15, 0.2) is 47.1 Å². The Morgan fingerprint density at radius 1 is 1.30 bits per heavy atom. The third-order valence-corrected chi connectivity index (χ3v) is 2.99. The van der Waals surface area contributed by atoms with Crippen molar-refractivity contribution < 1.29 is 13.9 Å². The number of imidazole rings is 1. The van der Waals surface area contributed by atoms with Crippen molar-refractivity contribution in [2.24, 2.45) is 0 Å². The van der Waals surface area contributed by atoms with E-state index < -0.39 is 0 Å². The molecule has 3 aromatic rings. The third-order valence-electron chi connectivity index (χ3n) is 2.99. The van der Waals surface area contributed by atoms with Crippen LogP contribution < -0.4 is 0 Å². The molecule has 0 aliphatic rings. The molecule has 0 amide bonds. The summed E-state index contributed by atoms with van der Waals surface area (Å²) in [5, 5.41) is 0. The minimum Gasteiger partial charge on any atom is -0.465 e. The molecule has 0 saturated carbocycles. The molecule has 0 N–H and O–H groups in total. The predicted molar refractivity (Wildman–Crippen MR) is 74.1 cm³/mol. The molecule has 5 heteroatoms. The molecule has 0 saturated heterocycles. The van der Waals surface area contributed by atoms with E-state index in [1.165, 1.54) is 0 Å². The number of rotatable bonds is 4. The molecule has 3 rings (SSSR count). The summed E-state index contributed by atoms with van der Waals surface area (Å²) in [5.74, 6) is 0.971. The molecule has 20 heavy (non-hydrogen) atoms. The molecule has 1 aromatic carbocycles. The average molecular weight is 270 g/mol. The van der Waals surface area contributed by atoms with Crippen molar-refractivity contribution in [3.05, 3.63) is 42.7 Å². The van der Waals surface area contributed by atoms with Gasteiger partial charge in [0.25, 0.3) is 0 Å². The van der Waals surface area contributed by atoms with Gasteiger partial charge in [-0.2, -0.15) is 0 Å². The summed E-state index contributed by atoms with van der Waals surface area (Å²) in [4.78, 5) is 16.3. The van der Waals surface area contributed by atoms with Crippen molar-refractivity contribution in [1.29, 1.82) is 0 Å². The van der Waals surface area contributed by atoms with Crippen LogP contribution in [0.5, 0.6) is 0 Å². The number of furan rings is 1. The molecule has 0 radical (unpaired) electrons. The zero-order chi connectivity index (χ0) is 13.9. The first-order valence-electron chi connectivity index (χ1n) is 6.44. The summed E-state index contributed by atoms with van der Waals surface area (Å²) in [6, 6.07) is 11.3. The zero-order valence-corrected chi connectivity index (χ0v) is 11.1. The van der Waals surface area contributed by atoms with Crippen molar-refractivity contribution in [3.63, 3.8) is 0 Å². The Kier molecular flexibility index (Phi) is 3.25. The van der Waals surface area contributed by atoms with Gasteiger partial charge in [0.05, 0.1) is 23.9 Å². The summed E-state index contributed by atoms with van der Waals surface area (Å²) in [5.41, 5.74) is 1.70. The maximum Gasteiger partial charge on any atom is 0.326 e. The number of carbonyl (C=O) groups is 1. The Morgan fingerprint density at radius 3 is 2.90 bits per heavy atom. The van der Waals surface area contributed by atoms with Crippen LogP contribution in [0.2, 0.25) is 0 Å². The quantitative estimate of drug-likeness (QED) is 0.684. The summed E-state index contributed by atoms with van der Waals surface area (Å²) >= 11 is 0. The fourth-order valence-corrected chi connectivity index (χ4v) is 2.17. The molecule has 0 fully saturated rings. The first-order chi connectivity index (χ1) is 9.79. The van der Waals surface area contributed by atoms with Gasteiger partial charge in [0.15, 0.2) is 11.6 Å². The van der Waals surface area contributed by atoms with Crippen molar-refractivity contribution in [3.8, 4) is 11.6 Å². The van der Waals surface area contributed by atoms with E-state index in [1.54, 1.807) is 19.3 Å². The first-order valence-corrected chi connectivity index (χ1v) is 6.44. The molecule has 0 atom stereocenters. The van der Waals surface area contributed by atoms with Gasteiger partial charge >= 0.3 is 5.97 Å². The fourth-order valence-electron chi connectivity index (χ4n) is 2.17.